The molecule has 7 nitrogen and oxygen atoms in total. The first-order valence-electron chi connectivity index (χ1n) is 9.62. The maximum Gasteiger partial charge on any atom is 0.228 e. The highest BCUT2D eigenvalue weighted by molar-refractivity contribution is 7.91. The fraction of sp³-hybridized carbons (Fsp3) is 0.273. The molecule has 0 bridgehead atoms. The molecule has 8 heteroatoms. The van der Waals surface area contributed by atoms with Crippen LogP contribution in [0.3, 0.4) is 0 Å². The molecular formula is C22H22N2O5S. The van der Waals surface area contributed by atoms with E-state index in [0.29, 0.717) is 23.6 Å². The van der Waals surface area contributed by atoms with E-state index in [1.807, 2.05) is 24.3 Å². The summed E-state index contributed by atoms with van der Waals surface area (Å²) in [5, 5.41) is 3.84. The summed E-state index contributed by atoms with van der Waals surface area (Å²) in [7, 11) is -2.35. The Hall–Kier alpha value is -3.13. The molecule has 1 aliphatic heterocycles. The van der Waals surface area contributed by atoms with Crippen molar-refractivity contribution in [3.8, 4) is 17.1 Å². The van der Waals surface area contributed by atoms with Crippen molar-refractivity contribution in [2.75, 3.05) is 24.3 Å². The van der Waals surface area contributed by atoms with Crippen LogP contribution >= 0.6 is 0 Å². The lowest BCUT2D eigenvalue weighted by Crippen LogP contribution is -2.30. The number of anilines is 1. The Labute approximate surface area is 175 Å². The van der Waals surface area contributed by atoms with E-state index in [1.165, 1.54) is 13.2 Å². The predicted octanol–water partition coefficient (Wildman–Crippen LogP) is 3.41. The van der Waals surface area contributed by atoms with Crippen LogP contribution in [-0.2, 0) is 21.1 Å². The van der Waals surface area contributed by atoms with Crippen LogP contribution in [0.1, 0.15) is 17.7 Å². The van der Waals surface area contributed by atoms with E-state index in [0.717, 1.165) is 17.7 Å². The summed E-state index contributed by atoms with van der Waals surface area (Å²) >= 11 is 0. The Morgan fingerprint density at radius 3 is 2.73 bits per heavy atom. The van der Waals surface area contributed by atoms with E-state index in [-0.39, 0.29) is 28.7 Å². The van der Waals surface area contributed by atoms with Gasteiger partial charge in [0.05, 0.1) is 18.6 Å². The van der Waals surface area contributed by atoms with Gasteiger partial charge < -0.3 is 14.2 Å². The van der Waals surface area contributed by atoms with Gasteiger partial charge in [0.1, 0.15) is 10.6 Å². The molecule has 1 aromatic heterocycles. The summed E-state index contributed by atoms with van der Waals surface area (Å²) in [6.45, 7) is 2.36. The number of carbonyl (C=O) groups excluding carboxylic acids is 1. The molecule has 0 aliphatic carbocycles. The largest absolute Gasteiger partial charge is 0.495 e. The Bertz CT molecular complexity index is 1200. The molecular weight excluding hydrogens is 404 g/mol. The standard InChI is InChI=1S/C22H22N2O5S/c1-15-13-20(29-23-15)17-7-8-19(28-2)21(14-17)30(26,27)12-10-22(25)24-11-9-16-5-3-4-6-18(16)24/h3-8,13-14H,9-12H2,1-2H3. The molecule has 0 unspecified atom stereocenters. The Kier molecular flexibility index (Phi) is 5.34. The fourth-order valence-electron chi connectivity index (χ4n) is 3.64. The van der Waals surface area contributed by atoms with E-state index in [9.17, 15) is 13.2 Å². The Balaban J connectivity index is 1.55. The first-order chi connectivity index (χ1) is 14.4. The molecule has 0 spiro atoms. The highest BCUT2D eigenvalue weighted by Gasteiger charge is 2.27. The summed E-state index contributed by atoms with van der Waals surface area (Å²) in [4.78, 5) is 14.4. The average molecular weight is 426 g/mol. The number of hydrogen-bond acceptors (Lipinski definition) is 6. The van der Waals surface area contributed by atoms with Crippen molar-refractivity contribution in [2.24, 2.45) is 0 Å². The summed E-state index contributed by atoms with van der Waals surface area (Å²) in [5.41, 5.74) is 3.24. The summed E-state index contributed by atoms with van der Waals surface area (Å²) in [6.07, 6.45) is 0.673. The molecule has 0 saturated heterocycles. The lowest BCUT2D eigenvalue weighted by molar-refractivity contribution is -0.118. The number of amides is 1. The Morgan fingerprint density at radius 1 is 1.20 bits per heavy atom. The molecule has 0 atom stereocenters. The number of carbonyl (C=O) groups is 1. The summed E-state index contributed by atoms with van der Waals surface area (Å²) in [6, 6.07) is 14.2. The minimum Gasteiger partial charge on any atom is -0.495 e. The molecule has 0 fully saturated rings. The quantitative estimate of drug-likeness (QED) is 0.600. The SMILES string of the molecule is COc1ccc(-c2cc(C)no2)cc1S(=O)(=O)CCC(=O)N1CCc2ccccc21. The van der Waals surface area contributed by atoms with Gasteiger partial charge in [-0.3, -0.25) is 4.79 Å². The van der Waals surface area contributed by atoms with Crippen molar-refractivity contribution in [1.29, 1.82) is 0 Å². The van der Waals surface area contributed by atoms with Crippen LogP contribution in [0.4, 0.5) is 5.69 Å². The minimum atomic E-state index is -3.76. The van der Waals surface area contributed by atoms with Crippen LogP contribution in [-0.4, -0.2) is 38.9 Å². The number of benzene rings is 2. The van der Waals surface area contributed by atoms with Gasteiger partial charge in [-0.1, -0.05) is 23.4 Å². The number of para-hydroxylation sites is 1. The minimum absolute atomic E-state index is 0.0335. The molecule has 4 rings (SSSR count). The number of hydrogen-bond donors (Lipinski definition) is 0. The number of aryl methyl sites for hydroxylation is 1. The van der Waals surface area contributed by atoms with Crippen LogP contribution in [0.25, 0.3) is 11.3 Å². The molecule has 2 aromatic carbocycles. The van der Waals surface area contributed by atoms with E-state index in [1.54, 1.807) is 30.0 Å². The van der Waals surface area contributed by atoms with Crippen LogP contribution in [0.5, 0.6) is 5.75 Å². The third-order valence-electron chi connectivity index (χ3n) is 5.18. The maximum atomic E-state index is 13.1. The van der Waals surface area contributed by atoms with Crippen molar-refractivity contribution < 1.29 is 22.5 Å². The second kappa shape index (κ2) is 7.95. The van der Waals surface area contributed by atoms with Gasteiger partial charge in [-0.15, -0.1) is 0 Å². The number of rotatable bonds is 6. The van der Waals surface area contributed by atoms with Crippen LogP contribution in [0.2, 0.25) is 0 Å². The highest BCUT2D eigenvalue weighted by Crippen LogP contribution is 2.32. The molecule has 0 radical (unpaired) electrons. The van der Waals surface area contributed by atoms with Gasteiger partial charge in [0.25, 0.3) is 0 Å². The zero-order chi connectivity index (χ0) is 21.3. The second-order valence-electron chi connectivity index (χ2n) is 7.19. The van der Waals surface area contributed by atoms with E-state index < -0.39 is 9.84 Å². The summed E-state index contributed by atoms with van der Waals surface area (Å²) < 4.78 is 36.6. The zero-order valence-corrected chi connectivity index (χ0v) is 17.6. The van der Waals surface area contributed by atoms with Crippen molar-refractivity contribution in [3.05, 3.63) is 59.8 Å². The van der Waals surface area contributed by atoms with Crippen LogP contribution < -0.4 is 9.64 Å². The lowest BCUT2D eigenvalue weighted by atomic mass is 10.1. The monoisotopic (exact) mass is 426 g/mol. The molecule has 0 saturated carbocycles. The average Bonchev–Trinajstić information content (AvgIpc) is 3.38. The topological polar surface area (TPSA) is 89.7 Å². The second-order valence-corrected chi connectivity index (χ2v) is 9.27. The molecule has 3 aromatic rings. The molecule has 30 heavy (non-hydrogen) atoms. The van der Waals surface area contributed by atoms with Crippen molar-refractivity contribution in [2.45, 2.75) is 24.7 Å². The lowest BCUT2D eigenvalue weighted by Gasteiger charge is -2.17. The van der Waals surface area contributed by atoms with Crippen molar-refractivity contribution in [1.82, 2.24) is 5.16 Å². The summed E-state index contributed by atoms with van der Waals surface area (Å²) in [5.74, 6) is 0.189. The molecule has 0 N–H and O–H groups in total. The Morgan fingerprint density at radius 2 is 2.00 bits per heavy atom. The van der Waals surface area contributed by atoms with Crippen LogP contribution in [0.15, 0.2) is 57.9 Å². The molecule has 2 heterocycles. The number of nitrogens with zero attached hydrogens (tertiary/aromatic N) is 2. The van der Waals surface area contributed by atoms with Gasteiger partial charge in [0, 0.05) is 30.3 Å². The third-order valence-corrected chi connectivity index (χ3v) is 6.91. The maximum absolute atomic E-state index is 13.1. The van der Waals surface area contributed by atoms with Gasteiger partial charge in [0.15, 0.2) is 15.6 Å². The van der Waals surface area contributed by atoms with Crippen molar-refractivity contribution >= 4 is 21.4 Å². The zero-order valence-electron chi connectivity index (χ0n) is 16.8. The number of aromatic nitrogens is 1. The van der Waals surface area contributed by atoms with Gasteiger partial charge in [0.2, 0.25) is 5.91 Å². The van der Waals surface area contributed by atoms with E-state index in [2.05, 4.69) is 5.16 Å². The van der Waals surface area contributed by atoms with Gasteiger partial charge in [-0.2, -0.15) is 0 Å². The number of sulfone groups is 1. The number of fused-ring (bicyclic) bond motifs is 1. The van der Waals surface area contributed by atoms with Gasteiger partial charge >= 0.3 is 0 Å². The van der Waals surface area contributed by atoms with Crippen molar-refractivity contribution in [3.63, 3.8) is 0 Å². The van der Waals surface area contributed by atoms with Gasteiger partial charge in [-0.25, -0.2) is 8.42 Å². The normalized spacial score (nSPS) is 13.3. The van der Waals surface area contributed by atoms with E-state index in [4.69, 9.17) is 9.26 Å². The predicted molar refractivity (Wildman–Crippen MR) is 112 cm³/mol. The number of ether oxygens (including phenoxy) is 1. The third kappa shape index (κ3) is 3.82. The highest BCUT2D eigenvalue weighted by atomic mass is 32.2. The molecule has 156 valence electrons. The van der Waals surface area contributed by atoms with Crippen LogP contribution in [0, 0.1) is 6.92 Å². The van der Waals surface area contributed by atoms with E-state index >= 15 is 0 Å². The smallest absolute Gasteiger partial charge is 0.228 e. The first-order valence-corrected chi connectivity index (χ1v) is 11.3. The fourth-order valence-corrected chi connectivity index (χ4v) is 5.06. The number of methoxy groups -OCH3 is 1. The van der Waals surface area contributed by atoms with Gasteiger partial charge in [-0.05, 0) is 43.2 Å². The molecule has 1 aliphatic rings. The first kappa shape index (κ1) is 20.2. The molecule has 1 amide bonds.